The average molecular weight is 160 g/mol. The van der Waals surface area contributed by atoms with Gasteiger partial charge < -0.3 is 9.84 Å². The first kappa shape index (κ1) is 7.47. The van der Waals surface area contributed by atoms with Crippen LogP contribution in [-0.2, 0) is 9.53 Å². The molecule has 1 rings (SSSR count). The fourth-order valence-corrected chi connectivity index (χ4v) is 1.36. The summed E-state index contributed by atoms with van der Waals surface area (Å²) in [5.74, 6) is 0.385. The van der Waals surface area contributed by atoms with Gasteiger partial charge >= 0.3 is 5.97 Å². The van der Waals surface area contributed by atoms with Crippen molar-refractivity contribution >= 4 is 17.7 Å². The zero-order valence-electron chi connectivity index (χ0n) is 5.53. The minimum Gasteiger partial charge on any atom is -0.507 e. The van der Waals surface area contributed by atoms with E-state index in [9.17, 15) is 4.79 Å². The maximum absolute atomic E-state index is 10.5. The topological polar surface area (TPSA) is 46.5 Å². The van der Waals surface area contributed by atoms with Gasteiger partial charge in [0.05, 0.1) is 6.08 Å². The van der Waals surface area contributed by atoms with Crippen molar-refractivity contribution in [2.75, 3.05) is 5.75 Å². The standard InChI is InChI=1S/C6H8O3S/c1-2-10-6-4(7)3-5(8)9-6/h3,6-7H,2H2,1H3. The molecule has 4 heteroatoms. The van der Waals surface area contributed by atoms with Gasteiger partial charge in [-0.1, -0.05) is 6.92 Å². The van der Waals surface area contributed by atoms with Crippen molar-refractivity contribution in [2.45, 2.75) is 12.4 Å². The first-order valence-electron chi connectivity index (χ1n) is 2.97. The molecule has 1 aliphatic heterocycles. The van der Waals surface area contributed by atoms with E-state index >= 15 is 0 Å². The molecule has 1 N–H and O–H groups in total. The molecule has 0 radical (unpaired) electrons. The Labute approximate surface area is 63.1 Å². The Balaban J connectivity index is 2.51. The summed E-state index contributed by atoms with van der Waals surface area (Å²) in [6.07, 6.45) is 1.10. The number of rotatable bonds is 2. The largest absolute Gasteiger partial charge is 0.507 e. The molecule has 1 unspecified atom stereocenters. The van der Waals surface area contributed by atoms with Crippen LogP contribution in [0, 0.1) is 0 Å². The number of carbonyl (C=O) groups is 1. The second-order valence-electron chi connectivity index (χ2n) is 1.79. The minimum absolute atomic E-state index is 0.0249. The highest BCUT2D eigenvalue weighted by molar-refractivity contribution is 7.99. The SMILES string of the molecule is CCSC1OC(=O)C=C1O. The monoisotopic (exact) mass is 160 g/mol. The molecule has 10 heavy (non-hydrogen) atoms. The van der Waals surface area contributed by atoms with Gasteiger partial charge in [0.1, 0.15) is 0 Å². The second-order valence-corrected chi connectivity index (χ2v) is 3.13. The van der Waals surface area contributed by atoms with Gasteiger partial charge in [-0.2, -0.15) is 0 Å². The number of ether oxygens (including phenoxy) is 1. The van der Waals surface area contributed by atoms with Crippen LogP contribution in [0.3, 0.4) is 0 Å². The smallest absolute Gasteiger partial charge is 0.335 e. The van der Waals surface area contributed by atoms with Gasteiger partial charge in [0.15, 0.2) is 5.76 Å². The molecule has 0 aromatic heterocycles. The Kier molecular flexibility index (Phi) is 2.21. The van der Waals surface area contributed by atoms with Gasteiger partial charge in [-0.15, -0.1) is 11.8 Å². The van der Waals surface area contributed by atoms with E-state index in [2.05, 4.69) is 0 Å². The number of thioether (sulfide) groups is 1. The summed E-state index contributed by atoms with van der Waals surface area (Å²) in [7, 11) is 0. The van der Waals surface area contributed by atoms with Gasteiger partial charge in [-0.3, -0.25) is 0 Å². The van der Waals surface area contributed by atoms with Crippen LogP contribution >= 0.6 is 11.8 Å². The van der Waals surface area contributed by atoms with Crippen LogP contribution in [0.15, 0.2) is 11.8 Å². The summed E-state index contributed by atoms with van der Waals surface area (Å²) in [4.78, 5) is 10.5. The molecule has 0 bridgehead atoms. The summed E-state index contributed by atoms with van der Waals surface area (Å²) in [6, 6.07) is 0. The van der Waals surface area contributed by atoms with Crippen LogP contribution < -0.4 is 0 Å². The van der Waals surface area contributed by atoms with Crippen molar-refractivity contribution in [3.05, 3.63) is 11.8 Å². The predicted octanol–water partition coefficient (Wildman–Crippen LogP) is 1.06. The lowest BCUT2D eigenvalue weighted by Crippen LogP contribution is -2.06. The van der Waals surface area contributed by atoms with Crippen LogP contribution in [0.2, 0.25) is 0 Å². The van der Waals surface area contributed by atoms with Crippen molar-refractivity contribution in [3.63, 3.8) is 0 Å². The third kappa shape index (κ3) is 1.44. The fraction of sp³-hybridized carbons (Fsp3) is 0.500. The number of aliphatic hydroxyl groups excluding tert-OH is 1. The van der Waals surface area contributed by atoms with Crippen molar-refractivity contribution in [1.29, 1.82) is 0 Å². The van der Waals surface area contributed by atoms with E-state index in [4.69, 9.17) is 9.84 Å². The summed E-state index contributed by atoms with van der Waals surface area (Å²) < 4.78 is 4.70. The van der Waals surface area contributed by atoms with E-state index in [1.807, 2.05) is 6.92 Å². The predicted molar refractivity (Wildman–Crippen MR) is 38.7 cm³/mol. The van der Waals surface area contributed by atoms with Crippen molar-refractivity contribution in [3.8, 4) is 0 Å². The first-order valence-corrected chi connectivity index (χ1v) is 4.01. The summed E-state index contributed by atoms with van der Waals surface area (Å²) in [5.41, 5.74) is -0.461. The molecular formula is C6H8O3S. The molecule has 56 valence electrons. The van der Waals surface area contributed by atoms with Gasteiger partial charge in [0.2, 0.25) is 5.44 Å². The number of hydrogen-bond donors (Lipinski definition) is 1. The number of cyclic esters (lactones) is 1. The van der Waals surface area contributed by atoms with Crippen molar-refractivity contribution in [2.24, 2.45) is 0 Å². The molecular weight excluding hydrogens is 152 g/mol. The zero-order chi connectivity index (χ0) is 7.56. The molecule has 3 nitrogen and oxygen atoms in total. The van der Waals surface area contributed by atoms with Crippen molar-refractivity contribution in [1.82, 2.24) is 0 Å². The summed E-state index contributed by atoms with van der Waals surface area (Å²) >= 11 is 1.39. The Morgan fingerprint density at radius 2 is 2.60 bits per heavy atom. The molecule has 1 atom stereocenters. The lowest BCUT2D eigenvalue weighted by molar-refractivity contribution is -0.136. The Hall–Kier alpha value is -0.640. The van der Waals surface area contributed by atoms with Crippen LogP contribution in [-0.4, -0.2) is 22.3 Å². The van der Waals surface area contributed by atoms with E-state index in [0.29, 0.717) is 0 Å². The summed E-state index contributed by atoms with van der Waals surface area (Å²) in [5, 5.41) is 8.98. The molecule has 0 aromatic carbocycles. The number of esters is 1. The quantitative estimate of drug-likeness (QED) is 0.614. The summed E-state index contributed by atoms with van der Waals surface area (Å²) in [6.45, 7) is 1.93. The van der Waals surface area contributed by atoms with Crippen LogP contribution in [0.25, 0.3) is 0 Å². The normalized spacial score (nSPS) is 24.3. The molecule has 1 aliphatic rings. The van der Waals surface area contributed by atoms with Crippen LogP contribution in [0.1, 0.15) is 6.92 Å². The molecule has 1 heterocycles. The highest BCUT2D eigenvalue weighted by atomic mass is 32.2. The Morgan fingerprint density at radius 3 is 3.00 bits per heavy atom. The lowest BCUT2D eigenvalue weighted by Gasteiger charge is -2.06. The molecule has 0 amide bonds. The molecule has 0 fully saturated rings. The van der Waals surface area contributed by atoms with E-state index in [0.717, 1.165) is 11.8 Å². The van der Waals surface area contributed by atoms with E-state index in [1.165, 1.54) is 11.8 Å². The minimum atomic E-state index is -0.461. The Bertz CT molecular complexity index is 176. The third-order valence-corrected chi connectivity index (χ3v) is 2.02. The number of carbonyl (C=O) groups excluding carboxylic acids is 1. The van der Waals surface area contributed by atoms with Crippen molar-refractivity contribution < 1.29 is 14.6 Å². The molecule has 0 aliphatic carbocycles. The molecule has 0 aromatic rings. The highest BCUT2D eigenvalue weighted by Gasteiger charge is 2.24. The van der Waals surface area contributed by atoms with E-state index in [1.54, 1.807) is 0 Å². The third-order valence-electron chi connectivity index (χ3n) is 1.05. The zero-order valence-corrected chi connectivity index (χ0v) is 6.35. The van der Waals surface area contributed by atoms with Crippen LogP contribution in [0.4, 0.5) is 0 Å². The fourth-order valence-electron chi connectivity index (χ4n) is 0.659. The second kappa shape index (κ2) is 2.96. The first-order chi connectivity index (χ1) is 4.74. The molecule has 0 spiro atoms. The molecule has 0 saturated heterocycles. The maximum atomic E-state index is 10.5. The van der Waals surface area contributed by atoms with E-state index in [-0.39, 0.29) is 5.76 Å². The average Bonchev–Trinajstić information content (AvgIpc) is 2.13. The van der Waals surface area contributed by atoms with Gasteiger partial charge in [-0.05, 0) is 5.75 Å². The maximum Gasteiger partial charge on any atom is 0.335 e. The van der Waals surface area contributed by atoms with E-state index < -0.39 is 11.4 Å². The van der Waals surface area contributed by atoms with Gasteiger partial charge in [0.25, 0.3) is 0 Å². The Morgan fingerprint density at radius 1 is 1.90 bits per heavy atom. The lowest BCUT2D eigenvalue weighted by atomic mass is 10.5. The van der Waals surface area contributed by atoms with Gasteiger partial charge in [0, 0.05) is 0 Å². The highest BCUT2D eigenvalue weighted by Crippen LogP contribution is 2.23. The molecule has 0 saturated carbocycles. The number of hydrogen-bond acceptors (Lipinski definition) is 4. The van der Waals surface area contributed by atoms with Crippen LogP contribution in [0.5, 0.6) is 0 Å². The number of aliphatic hydroxyl groups is 1. The van der Waals surface area contributed by atoms with Gasteiger partial charge in [-0.25, -0.2) is 4.79 Å².